The Morgan fingerprint density at radius 2 is 1.83 bits per heavy atom. The van der Waals surface area contributed by atoms with Crippen molar-refractivity contribution in [3.63, 3.8) is 0 Å². The number of amides is 2. The summed E-state index contributed by atoms with van der Waals surface area (Å²) in [5.41, 5.74) is 1.15. The van der Waals surface area contributed by atoms with Gasteiger partial charge in [0.05, 0.1) is 29.5 Å². The molecular formula is C32H46N3O11S2-. The monoisotopic (exact) mass is 712 g/mol. The minimum absolute atomic E-state index is 0.156. The maximum Gasteiger partial charge on any atom is 0.321 e. The second kappa shape index (κ2) is 15.0. The lowest BCUT2D eigenvalue weighted by Crippen LogP contribution is -2.60. The number of nitrogens with one attached hydrogen (secondary N) is 2. The van der Waals surface area contributed by atoms with Gasteiger partial charge < -0.3 is 40.1 Å². The summed E-state index contributed by atoms with van der Waals surface area (Å²) in [6, 6.07) is 11.0. The molecule has 1 fully saturated rings. The third kappa shape index (κ3) is 8.30. The number of aliphatic hydroxyl groups is 3. The summed E-state index contributed by atoms with van der Waals surface area (Å²) in [6.07, 6.45) is -4.10. The Bertz CT molecular complexity index is 1670. The molecule has 0 saturated carbocycles. The third-order valence-electron chi connectivity index (χ3n) is 9.58. The molecule has 2 aromatic carbocycles. The van der Waals surface area contributed by atoms with E-state index in [2.05, 4.69) is 14.8 Å². The molecule has 2 aliphatic heterocycles. The van der Waals surface area contributed by atoms with Crippen LogP contribution in [0.1, 0.15) is 63.5 Å². The van der Waals surface area contributed by atoms with Crippen molar-refractivity contribution in [2.24, 2.45) is 11.3 Å². The first-order chi connectivity index (χ1) is 22.4. The molecule has 14 nitrogen and oxygen atoms in total. The fourth-order valence-corrected chi connectivity index (χ4v) is 9.24. The minimum atomic E-state index is -5.08. The van der Waals surface area contributed by atoms with Crippen LogP contribution in [0.2, 0.25) is 0 Å². The standard InChI is InChI=1S/C32H47N3O11S2/c1-6-8-14-32(7-2)18-47(40,41)25-13-12-22(35(4)5)16-23(25)26(29(32)38)20-10-9-11-21(15-20)33-31(39)34-30-28(37)19(3)27(36)24(46-30)17-45-48(42,43)44/h9-13,15-16,19,24,26-30,36-38H,6-8,14,17-18H2,1-5H3,(H2,33,34,39)(H,42,43,44)/p-1/t19-,24+,26+,27-,28+,29+,30+,32+/m0/s1. The molecule has 8 atom stereocenters. The highest BCUT2D eigenvalue weighted by Gasteiger charge is 2.49. The van der Waals surface area contributed by atoms with Crippen LogP contribution in [-0.2, 0) is 29.2 Å². The molecule has 0 aliphatic carbocycles. The van der Waals surface area contributed by atoms with Crippen molar-refractivity contribution < 1.29 is 50.4 Å². The van der Waals surface area contributed by atoms with Crippen molar-refractivity contribution in [2.75, 3.05) is 36.7 Å². The number of ether oxygens (including phenoxy) is 1. The number of hydrogen-bond donors (Lipinski definition) is 5. The number of aliphatic hydroxyl groups excluding tert-OH is 3. The average Bonchev–Trinajstić information content (AvgIpc) is 3.09. The van der Waals surface area contributed by atoms with E-state index in [1.165, 1.54) is 6.92 Å². The number of carbonyl (C=O) groups is 1. The number of unbranched alkanes of at least 4 members (excludes halogenated alkanes) is 1. The Labute approximate surface area is 282 Å². The van der Waals surface area contributed by atoms with E-state index in [0.29, 0.717) is 29.7 Å². The van der Waals surface area contributed by atoms with Gasteiger partial charge in [-0.2, -0.15) is 0 Å². The zero-order valence-corrected chi connectivity index (χ0v) is 29.3. The molecule has 2 amide bonds. The van der Waals surface area contributed by atoms with E-state index in [1.807, 2.05) is 32.8 Å². The van der Waals surface area contributed by atoms with Gasteiger partial charge in [-0.15, -0.1) is 0 Å². The normalized spacial score (nSPS) is 30.1. The Balaban J connectivity index is 1.67. The molecule has 0 spiro atoms. The van der Waals surface area contributed by atoms with E-state index in [0.717, 1.165) is 18.5 Å². The van der Waals surface area contributed by atoms with Crippen LogP contribution < -0.4 is 15.5 Å². The Kier molecular flexibility index (Phi) is 11.8. The fourth-order valence-electron chi connectivity index (χ4n) is 6.68. The van der Waals surface area contributed by atoms with Crippen molar-refractivity contribution in [2.45, 2.75) is 87.9 Å². The van der Waals surface area contributed by atoms with Gasteiger partial charge in [-0.05, 0) is 54.3 Å². The molecule has 0 unspecified atom stereocenters. The molecule has 48 heavy (non-hydrogen) atoms. The molecule has 2 aliphatic rings. The SMILES string of the molecule is CCCC[C@]1(CC)CS(=O)(=O)c2ccc(N(C)C)cc2[C@@H](c2cccc(NC(=O)N[C@@H]3O[C@H](COS(=O)(=O)[O-])[C@@H](O)[C@H](C)[C@H]3O)c2)[C@H]1O. The number of nitrogens with zero attached hydrogens (tertiary/aromatic N) is 1. The predicted molar refractivity (Wildman–Crippen MR) is 177 cm³/mol. The molecule has 0 radical (unpaired) electrons. The molecule has 1 saturated heterocycles. The van der Waals surface area contributed by atoms with Gasteiger partial charge in [0.25, 0.3) is 0 Å². The van der Waals surface area contributed by atoms with Crippen LogP contribution in [0.25, 0.3) is 0 Å². The predicted octanol–water partition coefficient (Wildman–Crippen LogP) is 2.30. The van der Waals surface area contributed by atoms with Gasteiger partial charge in [0.2, 0.25) is 10.4 Å². The van der Waals surface area contributed by atoms with Gasteiger partial charge in [-0.1, -0.05) is 45.7 Å². The number of sulfone groups is 1. The summed E-state index contributed by atoms with van der Waals surface area (Å²) < 4.78 is 70.3. The number of hydrogen-bond acceptors (Lipinski definition) is 12. The van der Waals surface area contributed by atoms with E-state index in [1.54, 1.807) is 42.5 Å². The molecule has 16 heteroatoms. The summed E-state index contributed by atoms with van der Waals surface area (Å²) in [5, 5.41) is 38.4. The van der Waals surface area contributed by atoms with Crippen LogP contribution in [0.4, 0.5) is 16.2 Å². The number of urea groups is 1. The Hall–Kier alpha value is -2.83. The Morgan fingerprint density at radius 3 is 2.46 bits per heavy atom. The van der Waals surface area contributed by atoms with Crippen LogP contribution in [0.15, 0.2) is 47.4 Å². The van der Waals surface area contributed by atoms with Gasteiger partial charge in [-0.25, -0.2) is 21.6 Å². The zero-order chi connectivity index (χ0) is 35.6. The summed E-state index contributed by atoms with van der Waals surface area (Å²) >= 11 is 0. The molecule has 2 heterocycles. The number of carbonyl (C=O) groups excluding carboxylic acids is 1. The van der Waals surface area contributed by atoms with Gasteiger partial charge in [-0.3, -0.25) is 4.18 Å². The molecule has 4 rings (SSSR count). The van der Waals surface area contributed by atoms with Crippen molar-refractivity contribution in [3.8, 4) is 0 Å². The summed E-state index contributed by atoms with van der Waals surface area (Å²) in [5.74, 6) is -1.85. The molecule has 2 aromatic rings. The van der Waals surface area contributed by atoms with Crippen molar-refractivity contribution >= 4 is 37.6 Å². The average molecular weight is 713 g/mol. The lowest BCUT2D eigenvalue weighted by Gasteiger charge is -2.41. The first-order valence-electron chi connectivity index (χ1n) is 15.9. The topological polar surface area (TPSA) is 215 Å². The summed E-state index contributed by atoms with van der Waals surface area (Å²) in [6.45, 7) is 4.55. The highest BCUT2D eigenvalue weighted by molar-refractivity contribution is 7.91. The lowest BCUT2D eigenvalue weighted by atomic mass is 9.69. The quantitative estimate of drug-likeness (QED) is 0.168. The van der Waals surface area contributed by atoms with Gasteiger partial charge in [0.15, 0.2) is 16.1 Å². The highest BCUT2D eigenvalue weighted by atomic mass is 32.3. The van der Waals surface area contributed by atoms with Gasteiger partial charge >= 0.3 is 6.03 Å². The maximum atomic E-state index is 13.9. The zero-order valence-electron chi connectivity index (χ0n) is 27.7. The first kappa shape index (κ1) is 38.0. The minimum Gasteiger partial charge on any atom is -0.726 e. The number of rotatable bonds is 11. The second-order valence-electron chi connectivity index (χ2n) is 13.0. The third-order valence-corrected chi connectivity index (χ3v) is 12.0. The van der Waals surface area contributed by atoms with Crippen LogP contribution in [0, 0.1) is 11.3 Å². The molecule has 268 valence electrons. The smallest absolute Gasteiger partial charge is 0.321 e. The largest absolute Gasteiger partial charge is 0.726 e. The van der Waals surface area contributed by atoms with Crippen molar-refractivity contribution in [1.82, 2.24) is 5.32 Å². The highest BCUT2D eigenvalue weighted by Crippen LogP contribution is 2.49. The molecular weight excluding hydrogens is 666 g/mol. The first-order valence-corrected chi connectivity index (χ1v) is 18.9. The van der Waals surface area contributed by atoms with E-state index < -0.39 is 80.8 Å². The van der Waals surface area contributed by atoms with Gasteiger partial charge in [0.1, 0.15) is 12.2 Å². The fraction of sp³-hybridized carbons (Fsp3) is 0.594. The number of fused-ring (bicyclic) bond motifs is 1. The van der Waals surface area contributed by atoms with E-state index in [4.69, 9.17) is 4.74 Å². The van der Waals surface area contributed by atoms with E-state index in [-0.39, 0.29) is 10.6 Å². The van der Waals surface area contributed by atoms with Crippen LogP contribution in [0.5, 0.6) is 0 Å². The molecule has 0 bridgehead atoms. The van der Waals surface area contributed by atoms with Crippen molar-refractivity contribution in [3.05, 3.63) is 53.6 Å². The number of benzene rings is 2. The second-order valence-corrected chi connectivity index (χ2v) is 16.0. The summed E-state index contributed by atoms with van der Waals surface area (Å²) in [4.78, 5) is 15.1. The summed E-state index contributed by atoms with van der Waals surface area (Å²) in [7, 11) is -5.19. The number of anilines is 2. The lowest BCUT2D eigenvalue weighted by molar-refractivity contribution is -0.207. The van der Waals surface area contributed by atoms with Gasteiger partial charge in [0, 0.05) is 42.7 Å². The van der Waals surface area contributed by atoms with Crippen LogP contribution in [-0.4, -0.2) is 99.8 Å². The molecule has 5 N–H and O–H groups in total. The molecule has 0 aromatic heterocycles. The van der Waals surface area contributed by atoms with Crippen LogP contribution in [0.3, 0.4) is 0 Å². The van der Waals surface area contributed by atoms with E-state index in [9.17, 15) is 41.5 Å². The van der Waals surface area contributed by atoms with Crippen LogP contribution >= 0.6 is 0 Å². The van der Waals surface area contributed by atoms with E-state index >= 15 is 0 Å². The Morgan fingerprint density at radius 1 is 1.12 bits per heavy atom. The van der Waals surface area contributed by atoms with Crippen molar-refractivity contribution in [1.29, 1.82) is 0 Å². The maximum absolute atomic E-state index is 13.9.